The fourth-order valence-corrected chi connectivity index (χ4v) is 1.61. The van der Waals surface area contributed by atoms with Gasteiger partial charge >= 0.3 is 0 Å². The molecule has 1 N–H and O–H groups in total. The van der Waals surface area contributed by atoms with Gasteiger partial charge in [0, 0.05) is 5.56 Å². The summed E-state index contributed by atoms with van der Waals surface area (Å²) >= 11 is 1.14. The van der Waals surface area contributed by atoms with E-state index in [-0.39, 0.29) is 10.9 Å². The predicted octanol–water partition coefficient (Wildman–Crippen LogP) is 2.21. The van der Waals surface area contributed by atoms with Gasteiger partial charge in [0.15, 0.2) is 11.5 Å². The summed E-state index contributed by atoms with van der Waals surface area (Å²) in [6.07, 6.45) is 1.72. The molecule has 0 spiro atoms. The van der Waals surface area contributed by atoms with Gasteiger partial charge in [0.25, 0.3) is 0 Å². The highest BCUT2D eigenvalue weighted by molar-refractivity contribution is 8.13. The minimum atomic E-state index is -0.0270. The van der Waals surface area contributed by atoms with Crippen molar-refractivity contribution in [3.8, 4) is 11.5 Å². The average Bonchev–Trinajstić information content (AvgIpc) is 2.17. The summed E-state index contributed by atoms with van der Waals surface area (Å²) in [5.41, 5.74) is 1.33. The van der Waals surface area contributed by atoms with Crippen LogP contribution in [0.4, 0.5) is 0 Å². The van der Waals surface area contributed by atoms with Crippen LogP contribution in [-0.2, 0) is 0 Å². The fraction of sp³-hybridized carbons (Fsp3) is 0.300. The SMILES string of the molecule is COc1cc(C(=O)SC)c(C)cc1O. The van der Waals surface area contributed by atoms with Crippen molar-refractivity contribution in [3.05, 3.63) is 23.3 Å². The van der Waals surface area contributed by atoms with Crippen molar-refractivity contribution in [2.75, 3.05) is 13.4 Å². The molecule has 0 heterocycles. The van der Waals surface area contributed by atoms with Crippen molar-refractivity contribution in [2.24, 2.45) is 0 Å². The lowest BCUT2D eigenvalue weighted by Crippen LogP contribution is -1.97. The van der Waals surface area contributed by atoms with E-state index < -0.39 is 0 Å². The molecule has 0 unspecified atom stereocenters. The van der Waals surface area contributed by atoms with Crippen LogP contribution in [0.3, 0.4) is 0 Å². The van der Waals surface area contributed by atoms with Crippen LogP contribution in [0.25, 0.3) is 0 Å². The third-order valence-electron chi connectivity index (χ3n) is 1.93. The van der Waals surface area contributed by atoms with Gasteiger partial charge < -0.3 is 9.84 Å². The molecular weight excluding hydrogens is 200 g/mol. The van der Waals surface area contributed by atoms with Gasteiger partial charge in [-0.05, 0) is 30.9 Å². The minimum Gasteiger partial charge on any atom is -0.504 e. The molecule has 0 atom stereocenters. The second kappa shape index (κ2) is 4.37. The van der Waals surface area contributed by atoms with E-state index in [1.165, 1.54) is 13.2 Å². The Bertz CT molecular complexity index is 361. The maximum Gasteiger partial charge on any atom is 0.219 e. The maximum absolute atomic E-state index is 11.4. The quantitative estimate of drug-likeness (QED) is 0.816. The van der Waals surface area contributed by atoms with E-state index in [9.17, 15) is 9.90 Å². The van der Waals surface area contributed by atoms with Gasteiger partial charge in [0.2, 0.25) is 5.12 Å². The zero-order valence-electron chi connectivity index (χ0n) is 8.33. The van der Waals surface area contributed by atoms with Gasteiger partial charge in [-0.1, -0.05) is 11.8 Å². The van der Waals surface area contributed by atoms with Crippen molar-refractivity contribution in [1.29, 1.82) is 0 Å². The fourth-order valence-electron chi connectivity index (χ4n) is 1.17. The first-order valence-electron chi connectivity index (χ1n) is 4.06. The molecule has 0 fully saturated rings. The predicted molar refractivity (Wildman–Crippen MR) is 57.2 cm³/mol. The van der Waals surface area contributed by atoms with Crippen LogP contribution in [-0.4, -0.2) is 23.6 Å². The van der Waals surface area contributed by atoms with Crippen molar-refractivity contribution in [1.82, 2.24) is 0 Å². The van der Waals surface area contributed by atoms with E-state index in [2.05, 4.69) is 0 Å². The lowest BCUT2D eigenvalue weighted by Gasteiger charge is -2.08. The van der Waals surface area contributed by atoms with Crippen molar-refractivity contribution < 1.29 is 14.6 Å². The van der Waals surface area contributed by atoms with Gasteiger partial charge in [0.05, 0.1) is 7.11 Å². The number of hydrogen-bond acceptors (Lipinski definition) is 4. The number of aryl methyl sites for hydroxylation is 1. The largest absolute Gasteiger partial charge is 0.504 e. The highest BCUT2D eigenvalue weighted by Gasteiger charge is 2.12. The summed E-state index contributed by atoms with van der Waals surface area (Å²) in [6.45, 7) is 1.78. The number of thioether (sulfide) groups is 1. The Morgan fingerprint density at radius 2 is 2.14 bits per heavy atom. The molecule has 3 nitrogen and oxygen atoms in total. The first-order valence-corrected chi connectivity index (χ1v) is 5.28. The molecule has 1 aromatic carbocycles. The van der Waals surface area contributed by atoms with Crippen molar-refractivity contribution in [2.45, 2.75) is 6.92 Å². The molecule has 0 aliphatic carbocycles. The lowest BCUT2D eigenvalue weighted by atomic mass is 10.1. The van der Waals surface area contributed by atoms with Crippen LogP contribution in [0, 0.1) is 6.92 Å². The van der Waals surface area contributed by atoms with Crippen LogP contribution >= 0.6 is 11.8 Å². The first kappa shape index (κ1) is 10.9. The lowest BCUT2D eigenvalue weighted by molar-refractivity contribution is 0.108. The number of methoxy groups -OCH3 is 1. The van der Waals surface area contributed by atoms with Gasteiger partial charge in [-0.25, -0.2) is 0 Å². The molecule has 0 aliphatic heterocycles. The number of aromatic hydroxyl groups is 1. The topological polar surface area (TPSA) is 46.5 Å². The van der Waals surface area contributed by atoms with Crippen molar-refractivity contribution in [3.63, 3.8) is 0 Å². The van der Waals surface area contributed by atoms with Crippen molar-refractivity contribution >= 4 is 16.9 Å². The molecule has 0 amide bonds. The van der Waals surface area contributed by atoms with E-state index in [0.29, 0.717) is 11.3 Å². The van der Waals surface area contributed by atoms with Gasteiger partial charge in [-0.2, -0.15) is 0 Å². The minimum absolute atomic E-state index is 0.0270. The first-order chi connectivity index (χ1) is 6.60. The van der Waals surface area contributed by atoms with Crippen LogP contribution in [0.1, 0.15) is 15.9 Å². The molecule has 0 bridgehead atoms. The average molecular weight is 212 g/mol. The highest BCUT2D eigenvalue weighted by Crippen LogP contribution is 2.30. The van der Waals surface area contributed by atoms with E-state index in [1.54, 1.807) is 19.2 Å². The number of hydrogen-bond donors (Lipinski definition) is 1. The smallest absolute Gasteiger partial charge is 0.219 e. The Balaban J connectivity index is 3.24. The Hall–Kier alpha value is -1.16. The normalized spacial score (nSPS) is 9.93. The zero-order valence-corrected chi connectivity index (χ0v) is 9.14. The standard InChI is InChI=1S/C10H12O3S/c1-6-4-8(11)9(13-2)5-7(6)10(12)14-3/h4-5,11H,1-3H3. The zero-order chi connectivity index (χ0) is 10.7. The number of ether oxygens (including phenoxy) is 1. The van der Waals surface area contributed by atoms with E-state index in [0.717, 1.165) is 17.3 Å². The van der Waals surface area contributed by atoms with Crippen LogP contribution in [0.5, 0.6) is 11.5 Å². The van der Waals surface area contributed by atoms with Gasteiger partial charge in [-0.3, -0.25) is 4.79 Å². The molecule has 76 valence electrons. The molecule has 0 aliphatic rings. The Kier molecular flexibility index (Phi) is 3.41. The van der Waals surface area contributed by atoms with E-state index >= 15 is 0 Å². The molecule has 0 aromatic heterocycles. The number of carbonyl (C=O) groups excluding carboxylic acids is 1. The molecule has 0 saturated carbocycles. The molecule has 0 radical (unpaired) electrons. The third-order valence-corrected chi connectivity index (χ3v) is 2.52. The summed E-state index contributed by atoms with van der Waals surface area (Å²) in [4.78, 5) is 11.4. The number of phenols is 1. The Morgan fingerprint density at radius 3 is 2.64 bits per heavy atom. The summed E-state index contributed by atoms with van der Waals surface area (Å²) < 4.78 is 4.92. The Morgan fingerprint density at radius 1 is 1.50 bits per heavy atom. The number of phenolic OH excluding ortho intramolecular Hbond substituents is 1. The highest BCUT2D eigenvalue weighted by atomic mass is 32.2. The van der Waals surface area contributed by atoms with E-state index in [1.807, 2.05) is 0 Å². The number of carbonyl (C=O) groups is 1. The molecule has 1 aromatic rings. The number of rotatable bonds is 2. The van der Waals surface area contributed by atoms with E-state index in [4.69, 9.17) is 4.74 Å². The maximum atomic E-state index is 11.4. The third kappa shape index (κ3) is 2.01. The van der Waals surface area contributed by atoms with Crippen LogP contribution in [0.2, 0.25) is 0 Å². The summed E-state index contributed by atoms with van der Waals surface area (Å²) in [6, 6.07) is 3.09. The summed E-state index contributed by atoms with van der Waals surface area (Å²) in [5.74, 6) is 0.385. The molecule has 4 heteroatoms. The second-order valence-electron chi connectivity index (χ2n) is 2.83. The summed E-state index contributed by atoms with van der Waals surface area (Å²) in [5, 5.41) is 9.40. The van der Waals surface area contributed by atoms with Crippen LogP contribution in [0.15, 0.2) is 12.1 Å². The molecule has 0 saturated heterocycles. The second-order valence-corrected chi connectivity index (χ2v) is 3.61. The summed E-state index contributed by atoms with van der Waals surface area (Å²) in [7, 11) is 1.46. The van der Waals surface area contributed by atoms with Gasteiger partial charge in [-0.15, -0.1) is 0 Å². The number of benzene rings is 1. The Labute approximate surface area is 87.1 Å². The van der Waals surface area contributed by atoms with Crippen LogP contribution < -0.4 is 4.74 Å². The molecule has 14 heavy (non-hydrogen) atoms. The monoisotopic (exact) mass is 212 g/mol. The van der Waals surface area contributed by atoms with Gasteiger partial charge in [0.1, 0.15) is 0 Å². The molecular formula is C10H12O3S. The molecule has 1 rings (SSSR count).